The molecule has 1 aliphatic rings. The maximum Gasteiger partial charge on any atom is 0.308 e. The first kappa shape index (κ1) is 13.3. The van der Waals surface area contributed by atoms with Crippen LogP contribution in [-0.4, -0.2) is 35.0 Å². The van der Waals surface area contributed by atoms with E-state index in [0.717, 1.165) is 6.07 Å². The van der Waals surface area contributed by atoms with Crippen molar-refractivity contribution in [3.8, 4) is 0 Å². The summed E-state index contributed by atoms with van der Waals surface area (Å²) in [4.78, 5) is 24.6. The molecule has 0 spiro atoms. The van der Waals surface area contributed by atoms with Gasteiger partial charge in [-0.1, -0.05) is 0 Å². The maximum atomic E-state index is 13.2. The molecule has 102 valence electrons. The zero-order valence-electron chi connectivity index (χ0n) is 10.3. The number of likely N-dealkylation sites (tertiary alicyclic amines) is 1. The standard InChI is InChI=1S/C13H15FN2O3/c14-9-3-4-11(15)10(6-9)12(17)16-5-1-2-8(7-16)13(18)19/h3-4,6,8H,1-2,5,7,15H2,(H,18,19). The molecule has 6 heteroatoms. The normalized spacial score (nSPS) is 19.2. The summed E-state index contributed by atoms with van der Waals surface area (Å²) in [7, 11) is 0. The number of hydrogen-bond acceptors (Lipinski definition) is 3. The molecular formula is C13H15FN2O3. The van der Waals surface area contributed by atoms with Crippen molar-refractivity contribution in [1.29, 1.82) is 0 Å². The van der Waals surface area contributed by atoms with Gasteiger partial charge in [0.2, 0.25) is 0 Å². The van der Waals surface area contributed by atoms with E-state index in [1.807, 2.05) is 0 Å². The van der Waals surface area contributed by atoms with Gasteiger partial charge in [0.15, 0.2) is 0 Å². The number of carboxylic acid groups (broad SMARTS) is 1. The third-order valence-electron chi connectivity index (χ3n) is 3.30. The monoisotopic (exact) mass is 266 g/mol. The minimum absolute atomic E-state index is 0.0889. The SMILES string of the molecule is Nc1ccc(F)cc1C(=O)N1CCCC(C(=O)O)C1. The van der Waals surface area contributed by atoms with E-state index in [0.29, 0.717) is 19.4 Å². The first-order valence-electron chi connectivity index (χ1n) is 6.06. The van der Waals surface area contributed by atoms with E-state index < -0.39 is 23.6 Å². The summed E-state index contributed by atoms with van der Waals surface area (Å²) >= 11 is 0. The fraction of sp³-hybridized carbons (Fsp3) is 0.385. The molecule has 1 aromatic carbocycles. The Morgan fingerprint density at radius 1 is 1.42 bits per heavy atom. The molecule has 1 fully saturated rings. The van der Waals surface area contributed by atoms with Crippen molar-refractivity contribution >= 4 is 17.6 Å². The highest BCUT2D eigenvalue weighted by molar-refractivity contribution is 5.99. The summed E-state index contributed by atoms with van der Waals surface area (Å²) in [6.07, 6.45) is 1.18. The van der Waals surface area contributed by atoms with Crippen LogP contribution in [0.3, 0.4) is 0 Å². The number of benzene rings is 1. The van der Waals surface area contributed by atoms with Gasteiger partial charge in [0.1, 0.15) is 5.82 Å². The van der Waals surface area contributed by atoms with Crippen molar-refractivity contribution < 1.29 is 19.1 Å². The molecule has 1 aliphatic heterocycles. The topological polar surface area (TPSA) is 83.6 Å². The summed E-state index contributed by atoms with van der Waals surface area (Å²) < 4.78 is 13.2. The van der Waals surface area contributed by atoms with E-state index in [9.17, 15) is 14.0 Å². The highest BCUT2D eigenvalue weighted by Gasteiger charge is 2.29. The second kappa shape index (κ2) is 5.26. The predicted molar refractivity (Wildman–Crippen MR) is 67.1 cm³/mol. The van der Waals surface area contributed by atoms with E-state index in [1.54, 1.807) is 0 Å². The first-order chi connectivity index (χ1) is 8.99. The number of nitrogen functional groups attached to an aromatic ring is 1. The van der Waals surface area contributed by atoms with Crippen molar-refractivity contribution in [1.82, 2.24) is 4.90 Å². The van der Waals surface area contributed by atoms with Crippen LogP contribution in [0.1, 0.15) is 23.2 Å². The van der Waals surface area contributed by atoms with Gasteiger partial charge in [-0.3, -0.25) is 9.59 Å². The molecule has 0 aliphatic carbocycles. The number of halogens is 1. The second-order valence-electron chi connectivity index (χ2n) is 4.66. The second-order valence-corrected chi connectivity index (χ2v) is 4.66. The van der Waals surface area contributed by atoms with E-state index in [-0.39, 0.29) is 17.8 Å². The molecule has 0 bridgehead atoms. The van der Waals surface area contributed by atoms with Gasteiger partial charge in [-0.15, -0.1) is 0 Å². The fourth-order valence-electron chi connectivity index (χ4n) is 2.25. The molecule has 1 atom stereocenters. The Morgan fingerprint density at radius 3 is 2.84 bits per heavy atom. The number of nitrogens with two attached hydrogens (primary N) is 1. The molecule has 1 amide bonds. The number of nitrogens with zero attached hydrogens (tertiary/aromatic N) is 1. The number of carboxylic acids is 1. The van der Waals surface area contributed by atoms with Crippen LogP contribution in [0.2, 0.25) is 0 Å². The number of amides is 1. The molecule has 2 rings (SSSR count). The quantitative estimate of drug-likeness (QED) is 0.791. The Balaban J connectivity index is 2.19. The molecule has 0 saturated carbocycles. The van der Waals surface area contributed by atoms with Gasteiger partial charge in [0.25, 0.3) is 5.91 Å². The number of carbonyl (C=O) groups excluding carboxylic acids is 1. The lowest BCUT2D eigenvalue weighted by Crippen LogP contribution is -2.42. The summed E-state index contributed by atoms with van der Waals surface area (Å²) in [5, 5.41) is 8.98. The Labute approximate surface area is 109 Å². The van der Waals surface area contributed by atoms with Crippen LogP contribution < -0.4 is 5.73 Å². The average molecular weight is 266 g/mol. The molecule has 0 aromatic heterocycles. The van der Waals surface area contributed by atoms with Gasteiger partial charge in [-0.2, -0.15) is 0 Å². The van der Waals surface area contributed by atoms with Crippen LogP contribution in [-0.2, 0) is 4.79 Å². The fourth-order valence-corrected chi connectivity index (χ4v) is 2.25. The molecule has 3 N–H and O–H groups in total. The molecule has 19 heavy (non-hydrogen) atoms. The van der Waals surface area contributed by atoms with E-state index >= 15 is 0 Å². The Hall–Kier alpha value is -2.11. The molecular weight excluding hydrogens is 251 g/mol. The molecule has 1 aromatic rings. The summed E-state index contributed by atoms with van der Waals surface area (Å²) in [6, 6.07) is 3.60. The van der Waals surface area contributed by atoms with Crippen LogP contribution in [0.15, 0.2) is 18.2 Å². The van der Waals surface area contributed by atoms with Crippen LogP contribution >= 0.6 is 0 Å². The number of rotatable bonds is 2. The van der Waals surface area contributed by atoms with E-state index in [4.69, 9.17) is 10.8 Å². The van der Waals surface area contributed by atoms with Crippen molar-refractivity contribution in [2.24, 2.45) is 5.92 Å². The van der Waals surface area contributed by atoms with Crippen molar-refractivity contribution in [2.75, 3.05) is 18.8 Å². The van der Waals surface area contributed by atoms with Crippen LogP contribution in [0.25, 0.3) is 0 Å². The number of piperidine rings is 1. The van der Waals surface area contributed by atoms with Gasteiger partial charge in [-0.25, -0.2) is 4.39 Å². The minimum Gasteiger partial charge on any atom is -0.481 e. The molecule has 0 radical (unpaired) electrons. The highest BCUT2D eigenvalue weighted by atomic mass is 19.1. The van der Waals surface area contributed by atoms with Crippen molar-refractivity contribution in [3.05, 3.63) is 29.6 Å². The Bertz CT molecular complexity index is 519. The first-order valence-corrected chi connectivity index (χ1v) is 6.06. The minimum atomic E-state index is -0.912. The summed E-state index contributed by atoms with van der Waals surface area (Å²) in [5.41, 5.74) is 5.95. The number of aliphatic carboxylic acids is 1. The zero-order valence-corrected chi connectivity index (χ0v) is 10.3. The van der Waals surface area contributed by atoms with Gasteiger partial charge >= 0.3 is 5.97 Å². The lowest BCUT2D eigenvalue weighted by Gasteiger charge is -2.31. The number of carbonyl (C=O) groups is 2. The van der Waals surface area contributed by atoms with Gasteiger partial charge < -0.3 is 15.7 Å². The highest BCUT2D eigenvalue weighted by Crippen LogP contribution is 2.21. The van der Waals surface area contributed by atoms with Crippen LogP contribution in [0.5, 0.6) is 0 Å². The zero-order chi connectivity index (χ0) is 14.0. The predicted octanol–water partition coefficient (Wildman–Crippen LogP) is 1.34. The molecule has 1 unspecified atom stereocenters. The molecule has 5 nitrogen and oxygen atoms in total. The third kappa shape index (κ3) is 2.83. The number of hydrogen-bond donors (Lipinski definition) is 2. The number of anilines is 1. The molecule has 1 heterocycles. The largest absolute Gasteiger partial charge is 0.481 e. The Kier molecular flexibility index (Phi) is 3.69. The van der Waals surface area contributed by atoms with E-state index in [2.05, 4.69) is 0 Å². The smallest absolute Gasteiger partial charge is 0.308 e. The lowest BCUT2D eigenvalue weighted by atomic mass is 9.97. The summed E-state index contributed by atoms with van der Waals surface area (Å²) in [5.74, 6) is -2.43. The van der Waals surface area contributed by atoms with Crippen LogP contribution in [0.4, 0.5) is 10.1 Å². The lowest BCUT2D eigenvalue weighted by molar-refractivity contribution is -0.143. The molecule has 1 saturated heterocycles. The van der Waals surface area contributed by atoms with Gasteiger partial charge in [-0.05, 0) is 31.0 Å². The van der Waals surface area contributed by atoms with Gasteiger partial charge in [0.05, 0.1) is 11.5 Å². The average Bonchev–Trinajstić information content (AvgIpc) is 2.41. The van der Waals surface area contributed by atoms with Crippen LogP contribution in [0, 0.1) is 11.7 Å². The third-order valence-corrected chi connectivity index (χ3v) is 3.30. The van der Waals surface area contributed by atoms with E-state index in [1.165, 1.54) is 17.0 Å². The maximum absolute atomic E-state index is 13.2. The van der Waals surface area contributed by atoms with Crippen molar-refractivity contribution in [3.63, 3.8) is 0 Å². The van der Waals surface area contributed by atoms with Gasteiger partial charge in [0, 0.05) is 18.8 Å². The Morgan fingerprint density at radius 2 is 2.16 bits per heavy atom. The summed E-state index contributed by atoms with van der Waals surface area (Å²) in [6.45, 7) is 0.614. The van der Waals surface area contributed by atoms with Crippen molar-refractivity contribution in [2.45, 2.75) is 12.8 Å².